The largest absolute Gasteiger partial charge is 0.486 e. The third-order valence-electron chi connectivity index (χ3n) is 9.63. The molecule has 0 saturated heterocycles. The van der Waals surface area contributed by atoms with Crippen molar-refractivity contribution in [1.82, 2.24) is 9.62 Å². The zero-order chi connectivity index (χ0) is 41.3. The molecule has 2 heterocycles. The van der Waals surface area contributed by atoms with Crippen molar-refractivity contribution in [3.8, 4) is 17.2 Å². The summed E-state index contributed by atoms with van der Waals surface area (Å²) in [5.74, 6) is 1.46. The number of benzene rings is 3. The first-order valence-electron chi connectivity index (χ1n) is 20.0. The molecule has 2 N–H and O–H groups in total. The van der Waals surface area contributed by atoms with E-state index in [1.807, 2.05) is 56.3 Å². The molecule has 316 valence electrons. The molecule has 0 unspecified atom stereocenters. The number of nitrogens with zero attached hydrogens (tertiary/aromatic N) is 1. The summed E-state index contributed by atoms with van der Waals surface area (Å²) in [6.07, 6.45) is -0.262. The zero-order valence-corrected chi connectivity index (χ0v) is 37.9. The Kier molecular flexibility index (Phi) is 15.8. The number of rotatable bonds is 22. The SMILES string of the molecule is CC1(C)OCc2cc([C@@H](O)CNCCc3ccc4c(c3)O[C@H](COCc3cccc(S(=O)(=O)N(COCC[Si](C)(C)C)COCC[Si](C)(C)C)c3)CO4)ccc2O1. The van der Waals surface area contributed by atoms with Gasteiger partial charge in [0.05, 0.1) is 30.8 Å². The molecule has 0 spiro atoms. The smallest absolute Gasteiger partial charge is 0.247 e. The zero-order valence-electron chi connectivity index (χ0n) is 35.1. The van der Waals surface area contributed by atoms with Crippen molar-refractivity contribution in [2.24, 2.45) is 0 Å². The normalized spacial score (nSPS) is 17.3. The molecule has 12 nitrogen and oxygen atoms in total. The van der Waals surface area contributed by atoms with E-state index in [-0.39, 0.29) is 37.7 Å². The maximum absolute atomic E-state index is 13.8. The quantitative estimate of drug-likeness (QED) is 0.0606. The highest BCUT2D eigenvalue weighted by atomic mass is 32.2. The van der Waals surface area contributed by atoms with Crippen molar-refractivity contribution in [2.45, 2.75) is 108 Å². The lowest BCUT2D eigenvalue weighted by molar-refractivity contribution is -0.180. The summed E-state index contributed by atoms with van der Waals surface area (Å²) in [7, 11) is -6.56. The molecule has 0 amide bonds. The molecule has 5 rings (SSSR count). The van der Waals surface area contributed by atoms with Crippen LogP contribution in [0.4, 0.5) is 0 Å². The summed E-state index contributed by atoms with van der Waals surface area (Å²) in [5.41, 5.74) is 3.54. The predicted molar refractivity (Wildman–Crippen MR) is 227 cm³/mol. The lowest BCUT2D eigenvalue weighted by Crippen LogP contribution is -2.36. The Morgan fingerprint density at radius 1 is 0.877 bits per heavy atom. The summed E-state index contributed by atoms with van der Waals surface area (Å²) in [5, 5.41) is 14.2. The molecular formula is C42H64N2O10SSi2. The number of nitrogens with one attached hydrogen (secondary N) is 1. The fourth-order valence-electron chi connectivity index (χ4n) is 6.07. The van der Waals surface area contributed by atoms with Crippen LogP contribution in [0.2, 0.25) is 51.4 Å². The van der Waals surface area contributed by atoms with E-state index in [1.165, 1.54) is 4.31 Å². The van der Waals surface area contributed by atoms with Crippen LogP contribution in [0.25, 0.3) is 0 Å². The number of hydrogen-bond donors (Lipinski definition) is 2. The fraction of sp³-hybridized carbons (Fsp3) is 0.571. The van der Waals surface area contributed by atoms with Gasteiger partial charge in [0, 0.05) is 55.3 Å². The van der Waals surface area contributed by atoms with Gasteiger partial charge in [-0.3, -0.25) is 0 Å². The highest BCUT2D eigenvalue weighted by Gasteiger charge is 2.29. The molecule has 0 bridgehead atoms. The molecule has 0 saturated carbocycles. The van der Waals surface area contributed by atoms with Crippen LogP contribution >= 0.6 is 0 Å². The molecule has 3 aromatic carbocycles. The lowest BCUT2D eigenvalue weighted by atomic mass is 10.0. The Morgan fingerprint density at radius 2 is 1.58 bits per heavy atom. The van der Waals surface area contributed by atoms with Crippen LogP contribution in [0.15, 0.2) is 65.6 Å². The molecule has 15 heteroatoms. The number of aliphatic hydroxyl groups excluding tert-OH is 1. The molecule has 0 radical (unpaired) electrons. The Morgan fingerprint density at radius 3 is 2.28 bits per heavy atom. The van der Waals surface area contributed by atoms with E-state index in [0.717, 1.165) is 46.5 Å². The monoisotopic (exact) mass is 844 g/mol. The molecular weight excluding hydrogens is 781 g/mol. The molecule has 57 heavy (non-hydrogen) atoms. The van der Waals surface area contributed by atoms with Crippen molar-refractivity contribution in [1.29, 1.82) is 0 Å². The topological polar surface area (TPSA) is 134 Å². The third-order valence-corrected chi connectivity index (χ3v) is 14.8. The average Bonchev–Trinajstić information content (AvgIpc) is 3.14. The van der Waals surface area contributed by atoms with Gasteiger partial charge in [-0.2, -0.15) is 0 Å². The third kappa shape index (κ3) is 14.4. The molecule has 2 atom stereocenters. The minimum Gasteiger partial charge on any atom is -0.486 e. The predicted octanol–water partition coefficient (Wildman–Crippen LogP) is 7.17. The molecule has 0 aromatic heterocycles. The van der Waals surface area contributed by atoms with E-state index in [1.54, 1.807) is 18.2 Å². The van der Waals surface area contributed by atoms with E-state index >= 15 is 0 Å². The molecule has 0 fully saturated rings. The van der Waals surface area contributed by atoms with Gasteiger partial charge in [-0.1, -0.05) is 63.5 Å². The number of hydrogen-bond acceptors (Lipinski definition) is 11. The van der Waals surface area contributed by atoms with Crippen molar-refractivity contribution in [3.63, 3.8) is 0 Å². The Balaban J connectivity index is 1.08. The summed E-state index contributed by atoms with van der Waals surface area (Å²) in [4.78, 5) is 0.168. The molecule has 3 aromatic rings. The highest BCUT2D eigenvalue weighted by molar-refractivity contribution is 7.89. The van der Waals surface area contributed by atoms with E-state index < -0.39 is 38.1 Å². The van der Waals surface area contributed by atoms with Crippen molar-refractivity contribution < 1.29 is 46.7 Å². The van der Waals surface area contributed by atoms with Gasteiger partial charge in [0.1, 0.15) is 25.8 Å². The van der Waals surface area contributed by atoms with Crippen LogP contribution in [-0.2, 0) is 48.6 Å². The molecule has 0 aliphatic carbocycles. The van der Waals surface area contributed by atoms with Gasteiger partial charge < -0.3 is 43.6 Å². The van der Waals surface area contributed by atoms with Crippen LogP contribution in [0, 0.1) is 0 Å². The number of fused-ring (bicyclic) bond motifs is 2. The lowest BCUT2D eigenvalue weighted by Gasteiger charge is -2.33. The van der Waals surface area contributed by atoms with E-state index in [9.17, 15) is 13.5 Å². The summed E-state index contributed by atoms with van der Waals surface area (Å²) < 4.78 is 70.6. The second-order valence-corrected chi connectivity index (χ2v) is 31.0. The Labute approximate surface area is 342 Å². The maximum atomic E-state index is 13.8. The minimum atomic E-state index is -3.89. The minimum absolute atomic E-state index is 0.0656. The standard InChI is InChI=1S/C42H64N2O10SSi2/c1-42(2)52-27-35-24-34(13-15-39(35)54-42)38(45)25-43-17-16-32-12-14-40-41(23-32)53-36(29-51-40)28-50-26-33-10-9-11-37(22-33)55(46,47)44(30-48-18-20-56(3,4)5)31-49-19-21-57(6,7)8/h9-15,22-24,36,38,43,45H,16-21,25-31H2,1-8H3/t36-,38+/m1/s1. The second kappa shape index (κ2) is 19.9. The average molecular weight is 845 g/mol. The maximum Gasteiger partial charge on any atom is 0.247 e. The van der Waals surface area contributed by atoms with Gasteiger partial charge >= 0.3 is 0 Å². The van der Waals surface area contributed by atoms with Gasteiger partial charge in [0.2, 0.25) is 15.8 Å². The van der Waals surface area contributed by atoms with Crippen molar-refractivity contribution >= 4 is 26.2 Å². The van der Waals surface area contributed by atoms with Gasteiger partial charge in [0.25, 0.3) is 0 Å². The van der Waals surface area contributed by atoms with Crippen molar-refractivity contribution in [3.05, 3.63) is 82.9 Å². The highest BCUT2D eigenvalue weighted by Crippen LogP contribution is 2.34. The van der Waals surface area contributed by atoms with Crippen LogP contribution in [0.5, 0.6) is 17.2 Å². The number of sulfonamides is 1. The molecule has 2 aliphatic heterocycles. The molecule has 2 aliphatic rings. The number of ether oxygens (including phenoxy) is 7. The summed E-state index contributed by atoms with van der Waals surface area (Å²) in [6.45, 7) is 20.6. The second-order valence-electron chi connectivity index (χ2n) is 17.8. The number of aliphatic hydroxyl groups is 1. The first-order valence-corrected chi connectivity index (χ1v) is 28.8. The Hall–Kier alpha value is -2.84. The van der Waals surface area contributed by atoms with Gasteiger partial charge in [-0.15, -0.1) is 4.31 Å². The van der Waals surface area contributed by atoms with Crippen LogP contribution in [0.1, 0.15) is 42.2 Å². The van der Waals surface area contributed by atoms with Gasteiger partial charge in [-0.25, -0.2) is 8.42 Å². The van der Waals surface area contributed by atoms with E-state index in [0.29, 0.717) is 51.0 Å². The Bertz CT molecular complexity index is 1840. The van der Waals surface area contributed by atoms with Crippen LogP contribution in [0.3, 0.4) is 0 Å². The van der Waals surface area contributed by atoms with Crippen LogP contribution in [-0.4, -0.2) is 98.8 Å². The summed E-state index contributed by atoms with van der Waals surface area (Å²) in [6, 6.07) is 20.4. The van der Waals surface area contributed by atoms with Gasteiger partial charge in [-0.05, 0) is 78.1 Å². The van der Waals surface area contributed by atoms with E-state index in [4.69, 9.17) is 33.2 Å². The fourth-order valence-corrected chi connectivity index (χ4v) is 8.86. The summed E-state index contributed by atoms with van der Waals surface area (Å²) >= 11 is 0. The first kappa shape index (κ1) is 45.3. The first-order chi connectivity index (χ1) is 26.9. The van der Waals surface area contributed by atoms with E-state index in [2.05, 4.69) is 44.6 Å². The van der Waals surface area contributed by atoms with Crippen LogP contribution < -0.4 is 19.5 Å². The van der Waals surface area contributed by atoms with Crippen molar-refractivity contribution in [2.75, 3.05) is 53.0 Å². The van der Waals surface area contributed by atoms with Gasteiger partial charge in [0.15, 0.2) is 17.6 Å².